The molecule has 1 aromatic heterocycles. The molecule has 1 aromatic rings. The Hall–Kier alpha value is -1.62. The summed E-state index contributed by atoms with van der Waals surface area (Å²) >= 11 is 0. The Morgan fingerprint density at radius 3 is 2.79 bits per heavy atom. The maximum Gasteiger partial charge on any atom is 0.270 e. The van der Waals surface area contributed by atoms with Gasteiger partial charge in [0.25, 0.3) is 5.91 Å². The lowest BCUT2D eigenvalue weighted by Gasteiger charge is -2.22. The molecule has 5 heteroatoms. The number of nitrogens with one attached hydrogen (secondary N) is 2. The molecule has 1 amide bonds. The van der Waals surface area contributed by atoms with Gasteiger partial charge in [-0.1, -0.05) is 13.0 Å². The highest BCUT2D eigenvalue weighted by molar-refractivity contribution is 5.92. The minimum atomic E-state index is -0.381. The number of carbonyl (C=O) groups is 1. The van der Waals surface area contributed by atoms with Crippen molar-refractivity contribution >= 4 is 11.7 Å². The van der Waals surface area contributed by atoms with Crippen LogP contribution in [0.3, 0.4) is 0 Å². The van der Waals surface area contributed by atoms with E-state index in [2.05, 4.69) is 22.5 Å². The van der Waals surface area contributed by atoms with Crippen molar-refractivity contribution in [2.45, 2.75) is 32.8 Å². The fraction of sp³-hybridized carbons (Fsp3) is 0.571. The van der Waals surface area contributed by atoms with Crippen LogP contribution in [0.5, 0.6) is 0 Å². The number of carbonyl (C=O) groups excluding carboxylic acids is 1. The van der Waals surface area contributed by atoms with Gasteiger partial charge in [-0.25, -0.2) is 4.98 Å². The molecule has 0 aliphatic rings. The molecule has 106 valence electrons. The van der Waals surface area contributed by atoms with Crippen LogP contribution in [0.15, 0.2) is 18.2 Å². The molecule has 0 unspecified atom stereocenters. The predicted molar refractivity (Wildman–Crippen MR) is 76.4 cm³/mol. The summed E-state index contributed by atoms with van der Waals surface area (Å²) in [5, 5.41) is 5.98. The molecule has 0 spiro atoms. The molecule has 0 fully saturated rings. The van der Waals surface area contributed by atoms with Gasteiger partial charge in [0.2, 0.25) is 0 Å². The molecule has 19 heavy (non-hydrogen) atoms. The monoisotopic (exact) mass is 265 g/mol. The fourth-order valence-electron chi connectivity index (χ4n) is 1.37. The Morgan fingerprint density at radius 2 is 2.16 bits per heavy atom. The van der Waals surface area contributed by atoms with Crippen LogP contribution in [-0.2, 0) is 4.74 Å². The highest BCUT2D eigenvalue weighted by atomic mass is 16.5. The number of ether oxygens (including phenoxy) is 1. The van der Waals surface area contributed by atoms with Gasteiger partial charge < -0.3 is 15.4 Å². The second kappa shape index (κ2) is 7.09. The second-order valence-electron chi connectivity index (χ2n) is 4.98. The van der Waals surface area contributed by atoms with E-state index < -0.39 is 0 Å². The van der Waals surface area contributed by atoms with E-state index in [0.29, 0.717) is 12.2 Å². The zero-order valence-electron chi connectivity index (χ0n) is 12.1. The fourth-order valence-corrected chi connectivity index (χ4v) is 1.37. The van der Waals surface area contributed by atoms with Crippen molar-refractivity contribution in [3.05, 3.63) is 23.9 Å². The minimum Gasteiger partial charge on any atom is -0.377 e. The molecule has 5 nitrogen and oxygen atoms in total. The molecule has 1 rings (SSSR count). The lowest BCUT2D eigenvalue weighted by molar-refractivity contribution is 0.0228. The van der Waals surface area contributed by atoms with E-state index in [1.54, 1.807) is 13.2 Å². The average molecular weight is 265 g/mol. The summed E-state index contributed by atoms with van der Waals surface area (Å²) in [4.78, 5) is 16.2. The highest BCUT2D eigenvalue weighted by Crippen LogP contribution is 2.07. The van der Waals surface area contributed by atoms with Gasteiger partial charge in [-0.2, -0.15) is 0 Å². The normalized spacial score (nSPS) is 11.2. The van der Waals surface area contributed by atoms with Crippen molar-refractivity contribution < 1.29 is 9.53 Å². The van der Waals surface area contributed by atoms with E-state index in [-0.39, 0.29) is 11.5 Å². The summed E-state index contributed by atoms with van der Waals surface area (Å²) in [5.41, 5.74) is 0.0290. The van der Waals surface area contributed by atoms with Crippen molar-refractivity contribution in [3.63, 3.8) is 0 Å². The largest absolute Gasteiger partial charge is 0.377 e. The summed E-state index contributed by atoms with van der Waals surface area (Å²) < 4.78 is 5.25. The molecular weight excluding hydrogens is 242 g/mol. The van der Waals surface area contributed by atoms with Gasteiger partial charge in [0.05, 0.1) is 5.60 Å². The number of hydrogen-bond acceptors (Lipinski definition) is 4. The van der Waals surface area contributed by atoms with Gasteiger partial charge in [0, 0.05) is 20.2 Å². The molecule has 0 saturated heterocycles. The zero-order valence-corrected chi connectivity index (χ0v) is 12.1. The maximum atomic E-state index is 12.0. The van der Waals surface area contributed by atoms with Crippen LogP contribution in [0.25, 0.3) is 0 Å². The van der Waals surface area contributed by atoms with Crippen LogP contribution in [0, 0.1) is 0 Å². The molecule has 0 saturated carbocycles. The Balaban J connectivity index is 2.61. The van der Waals surface area contributed by atoms with Crippen LogP contribution in [0.1, 0.15) is 37.7 Å². The lowest BCUT2D eigenvalue weighted by Crippen LogP contribution is -2.40. The first kappa shape index (κ1) is 15.4. The number of anilines is 1. The van der Waals surface area contributed by atoms with E-state index in [1.807, 2.05) is 26.0 Å². The summed E-state index contributed by atoms with van der Waals surface area (Å²) in [5.74, 6) is 0.533. The maximum absolute atomic E-state index is 12.0. The average Bonchev–Trinajstić information content (AvgIpc) is 2.43. The minimum absolute atomic E-state index is 0.190. The predicted octanol–water partition coefficient (Wildman–Crippen LogP) is 2.06. The van der Waals surface area contributed by atoms with Crippen molar-refractivity contribution in [1.29, 1.82) is 0 Å². The van der Waals surface area contributed by atoms with Gasteiger partial charge >= 0.3 is 0 Å². The topological polar surface area (TPSA) is 63.2 Å². The van der Waals surface area contributed by atoms with Crippen molar-refractivity contribution in [1.82, 2.24) is 10.3 Å². The van der Waals surface area contributed by atoms with E-state index in [1.165, 1.54) is 0 Å². The SMILES string of the molecule is CCCNc1cccc(C(=O)NCC(C)(C)OC)n1. The third-order valence-corrected chi connectivity index (χ3v) is 2.77. The Bertz CT molecular complexity index is 419. The van der Waals surface area contributed by atoms with Crippen molar-refractivity contribution in [3.8, 4) is 0 Å². The Labute approximate surface area is 114 Å². The number of nitrogens with zero attached hydrogens (tertiary/aromatic N) is 1. The second-order valence-corrected chi connectivity index (χ2v) is 4.98. The van der Waals surface area contributed by atoms with E-state index in [9.17, 15) is 4.79 Å². The third kappa shape index (κ3) is 5.26. The van der Waals surface area contributed by atoms with E-state index >= 15 is 0 Å². The van der Waals surface area contributed by atoms with Gasteiger partial charge in [0.15, 0.2) is 0 Å². The van der Waals surface area contributed by atoms with Crippen molar-refractivity contribution in [2.24, 2.45) is 0 Å². The Kier molecular flexibility index (Phi) is 5.76. The summed E-state index contributed by atoms with van der Waals surface area (Å²) in [6.07, 6.45) is 1.01. The summed E-state index contributed by atoms with van der Waals surface area (Å²) in [6, 6.07) is 5.37. The van der Waals surface area contributed by atoms with Gasteiger partial charge in [0.1, 0.15) is 11.5 Å². The van der Waals surface area contributed by atoms with Crippen LogP contribution < -0.4 is 10.6 Å². The van der Waals surface area contributed by atoms with Crippen LogP contribution in [0.4, 0.5) is 5.82 Å². The lowest BCUT2D eigenvalue weighted by atomic mass is 10.1. The number of aromatic nitrogens is 1. The smallest absolute Gasteiger partial charge is 0.270 e. The number of amides is 1. The molecule has 0 aromatic carbocycles. The Morgan fingerprint density at radius 1 is 1.42 bits per heavy atom. The first-order chi connectivity index (χ1) is 8.98. The van der Waals surface area contributed by atoms with Crippen LogP contribution >= 0.6 is 0 Å². The number of rotatable bonds is 7. The summed E-state index contributed by atoms with van der Waals surface area (Å²) in [7, 11) is 1.62. The third-order valence-electron chi connectivity index (χ3n) is 2.77. The first-order valence-electron chi connectivity index (χ1n) is 6.53. The zero-order chi connectivity index (χ0) is 14.3. The summed E-state index contributed by atoms with van der Waals surface area (Å²) in [6.45, 7) is 7.20. The molecule has 0 aliphatic carbocycles. The standard InChI is InChI=1S/C14H23N3O2/c1-5-9-15-12-8-6-7-11(17-12)13(18)16-10-14(2,3)19-4/h6-8H,5,9-10H2,1-4H3,(H,15,17)(H,16,18). The molecule has 0 bridgehead atoms. The van der Waals surface area contributed by atoms with Gasteiger partial charge in [-0.05, 0) is 32.4 Å². The quantitative estimate of drug-likeness (QED) is 0.792. The molecule has 2 N–H and O–H groups in total. The molecular formula is C14H23N3O2. The van der Waals surface area contributed by atoms with Crippen molar-refractivity contribution in [2.75, 3.05) is 25.5 Å². The first-order valence-corrected chi connectivity index (χ1v) is 6.53. The molecule has 0 radical (unpaired) electrons. The molecule has 0 aliphatic heterocycles. The number of methoxy groups -OCH3 is 1. The van der Waals surface area contributed by atoms with Gasteiger partial charge in [-0.3, -0.25) is 4.79 Å². The highest BCUT2D eigenvalue weighted by Gasteiger charge is 2.18. The van der Waals surface area contributed by atoms with Gasteiger partial charge in [-0.15, -0.1) is 0 Å². The van der Waals surface area contributed by atoms with Crippen LogP contribution in [0.2, 0.25) is 0 Å². The molecule has 0 atom stereocenters. The van der Waals surface area contributed by atoms with E-state index in [0.717, 1.165) is 18.8 Å². The van der Waals surface area contributed by atoms with E-state index in [4.69, 9.17) is 4.74 Å². The molecule has 1 heterocycles. The number of pyridine rings is 1. The van der Waals surface area contributed by atoms with Crippen LogP contribution in [-0.4, -0.2) is 36.7 Å². The number of hydrogen-bond donors (Lipinski definition) is 2.